The molecule has 1 unspecified atom stereocenters. The van der Waals surface area contributed by atoms with Gasteiger partial charge in [0.15, 0.2) is 0 Å². The summed E-state index contributed by atoms with van der Waals surface area (Å²) in [5.41, 5.74) is 0.171. The zero-order valence-electron chi connectivity index (χ0n) is 11.6. The van der Waals surface area contributed by atoms with Crippen molar-refractivity contribution in [2.45, 2.75) is 53.2 Å². The second kappa shape index (κ2) is 7.21. The number of thioether (sulfide) groups is 1. The summed E-state index contributed by atoms with van der Waals surface area (Å²) in [7, 11) is 0. The monoisotopic (exact) mass is 245 g/mol. The first-order valence-corrected chi connectivity index (χ1v) is 7.14. The highest BCUT2D eigenvalue weighted by Gasteiger charge is 2.14. The molecule has 2 nitrogen and oxygen atoms in total. The molecule has 1 N–H and O–H groups in total. The van der Waals surface area contributed by atoms with Crippen molar-refractivity contribution in [1.82, 2.24) is 5.32 Å². The van der Waals surface area contributed by atoms with Crippen LogP contribution < -0.4 is 5.32 Å². The predicted molar refractivity (Wildman–Crippen MR) is 73.8 cm³/mol. The smallest absolute Gasteiger partial charge is 0.221 e. The standard InChI is InChI=1S/C13H27NOS/c1-10(2)8-16-11(3)7-12(15)14-9-13(4,5)6/h10-11H,7-9H2,1-6H3,(H,14,15). The third-order valence-corrected chi connectivity index (χ3v) is 3.60. The summed E-state index contributed by atoms with van der Waals surface area (Å²) in [6.45, 7) is 13.7. The molecule has 16 heavy (non-hydrogen) atoms. The van der Waals surface area contributed by atoms with Gasteiger partial charge >= 0.3 is 0 Å². The third kappa shape index (κ3) is 10.3. The maximum atomic E-state index is 11.6. The number of hydrogen-bond donors (Lipinski definition) is 1. The van der Waals surface area contributed by atoms with Gasteiger partial charge < -0.3 is 5.32 Å². The lowest BCUT2D eigenvalue weighted by Gasteiger charge is -2.19. The Labute approximate surface area is 105 Å². The fraction of sp³-hybridized carbons (Fsp3) is 0.923. The Morgan fingerprint density at radius 3 is 2.25 bits per heavy atom. The van der Waals surface area contributed by atoms with Gasteiger partial charge in [-0.2, -0.15) is 11.8 Å². The van der Waals surface area contributed by atoms with E-state index in [0.717, 1.165) is 12.3 Å². The largest absolute Gasteiger partial charge is 0.356 e. The molecule has 1 amide bonds. The van der Waals surface area contributed by atoms with Gasteiger partial charge in [-0.15, -0.1) is 0 Å². The molecule has 0 aliphatic heterocycles. The third-order valence-electron chi connectivity index (χ3n) is 2.00. The van der Waals surface area contributed by atoms with Gasteiger partial charge in [0.25, 0.3) is 0 Å². The van der Waals surface area contributed by atoms with E-state index in [2.05, 4.69) is 46.9 Å². The van der Waals surface area contributed by atoms with Gasteiger partial charge in [-0.1, -0.05) is 41.5 Å². The van der Waals surface area contributed by atoms with Crippen molar-refractivity contribution >= 4 is 17.7 Å². The Kier molecular flexibility index (Phi) is 7.12. The van der Waals surface area contributed by atoms with E-state index in [-0.39, 0.29) is 11.3 Å². The lowest BCUT2D eigenvalue weighted by Crippen LogP contribution is -2.33. The first kappa shape index (κ1) is 15.8. The summed E-state index contributed by atoms with van der Waals surface area (Å²) in [6, 6.07) is 0. The number of carbonyl (C=O) groups excluding carboxylic acids is 1. The van der Waals surface area contributed by atoms with Crippen LogP contribution in [-0.2, 0) is 4.79 Å². The van der Waals surface area contributed by atoms with Crippen LogP contribution in [0.2, 0.25) is 0 Å². The molecule has 0 bridgehead atoms. The zero-order chi connectivity index (χ0) is 12.8. The Hall–Kier alpha value is -0.180. The Bertz CT molecular complexity index is 208. The van der Waals surface area contributed by atoms with Crippen LogP contribution in [0.25, 0.3) is 0 Å². The van der Waals surface area contributed by atoms with Crippen LogP contribution in [0.5, 0.6) is 0 Å². The SMILES string of the molecule is CC(C)CSC(C)CC(=O)NCC(C)(C)C. The minimum atomic E-state index is 0.171. The summed E-state index contributed by atoms with van der Waals surface area (Å²) in [6.07, 6.45) is 0.632. The molecule has 3 heteroatoms. The normalized spacial score (nSPS) is 13.9. The lowest BCUT2D eigenvalue weighted by molar-refractivity contribution is -0.121. The summed E-state index contributed by atoms with van der Waals surface area (Å²) in [5.74, 6) is 2.01. The molecule has 0 radical (unpaired) electrons. The highest BCUT2D eigenvalue weighted by Crippen LogP contribution is 2.17. The quantitative estimate of drug-likeness (QED) is 0.778. The maximum Gasteiger partial charge on any atom is 0.221 e. The molecule has 0 aromatic heterocycles. The molecule has 0 saturated carbocycles. The van der Waals surface area contributed by atoms with E-state index in [1.54, 1.807) is 0 Å². The molecule has 0 saturated heterocycles. The number of amides is 1. The fourth-order valence-corrected chi connectivity index (χ4v) is 2.10. The Balaban J connectivity index is 3.70. The fourth-order valence-electron chi connectivity index (χ4n) is 1.11. The minimum absolute atomic E-state index is 0.171. The predicted octanol–water partition coefficient (Wildman–Crippen LogP) is 3.32. The van der Waals surface area contributed by atoms with E-state index in [9.17, 15) is 4.79 Å². The summed E-state index contributed by atoms with van der Waals surface area (Å²) >= 11 is 1.89. The highest BCUT2D eigenvalue weighted by molar-refractivity contribution is 7.99. The molecule has 0 heterocycles. The molecule has 0 aliphatic carbocycles. The van der Waals surface area contributed by atoms with Crippen molar-refractivity contribution in [2.24, 2.45) is 11.3 Å². The minimum Gasteiger partial charge on any atom is -0.356 e. The molecule has 0 rings (SSSR count). The van der Waals surface area contributed by atoms with E-state index >= 15 is 0 Å². The Morgan fingerprint density at radius 2 is 1.81 bits per heavy atom. The van der Waals surface area contributed by atoms with Gasteiger partial charge in [0.05, 0.1) is 0 Å². The number of hydrogen-bond acceptors (Lipinski definition) is 2. The van der Waals surface area contributed by atoms with E-state index < -0.39 is 0 Å². The molecule has 0 aromatic rings. The van der Waals surface area contributed by atoms with E-state index in [4.69, 9.17) is 0 Å². The molecular formula is C13H27NOS. The van der Waals surface area contributed by atoms with Gasteiger partial charge in [0.1, 0.15) is 0 Å². The zero-order valence-corrected chi connectivity index (χ0v) is 12.4. The Morgan fingerprint density at radius 1 is 1.25 bits per heavy atom. The van der Waals surface area contributed by atoms with Gasteiger partial charge in [0, 0.05) is 18.2 Å². The molecule has 0 spiro atoms. The van der Waals surface area contributed by atoms with Crippen LogP contribution in [0.3, 0.4) is 0 Å². The van der Waals surface area contributed by atoms with Crippen LogP contribution in [0.15, 0.2) is 0 Å². The molecule has 96 valence electrons. The van der Waals surface area contributed by atoms with Crippen LogP contribution >= 0.6 is 11.8 Å². The van der Waals surface area contributed by atoms with Crippen molar-refractivity contribution in [3.05, 3.63) is 0 Å². The van der Waals surface area contributed by atoms with Crippen LogP contribution in [0.1, 0.15) is 48.0 Å². The second-order valence-electron chi connectivity index (χ2n) is 6.08. The van der Waals surface area contributed by atoms with Crippen molar-refractivity contribution in [2.75, 3.05) is 12.3 Å². The van der Waals surface area contributed by atoms with Crippen molar-refractivity contribution in [3.8, 4) is 0 Å². The molecule has 1 atom stereocenters. The van der Waals surface area contributed by atoms with E-state index in [1.165, 1.54) is 0 Å². The molecular weight excluding hydrogens is 218 g/mol. The number of carbonyl (C=O) groups is 1. The first-order valence-electron chi connectivity index (χ1n) is 6.09. The molecule has 0 aromatic carbocycles. The topological polar surface area (TPSA) is 29.1 Å². The van der Waals surface area contributed by atoms with Gasteiger partial charge in [-0.25, -0.2) is 0 Å². The van der Waals surface area contributed by atoms with Crippen molar-refractivity contribution in [3.63, 3.8) is 0 Å². The van der Waals surface area contributed by atoms with Crippen LogP contribution in [0, 0.1) is 11.3 Å². The van der Waals surface area contributed by atoms with Crippen molar-refractivity contribution < 1.29 is 4.79 Å². The second-order valence-corrected chi connectivity index (χ2v) is 7.55. The van der Waals surface area contributed by atoms with E-state index in [1.807, 2.05) is 11.8 Å². The van der Waals surface area contributed by atoms with Gasteiger partial charge in [0.2, 0.25) is 5.91 Å². The molecule has 0 aliphatic rings. The maximum absolute atomic E-state index is 11.6. The van der Waals surface area contributed by atoms with Crippen LogP contribution in [0.4, 0.5) is 0 Å². The van der Waals surface area contributed by atoms with Gasteiger partial charge in [-0.05, 0) is 17.1 Å². The first-order chi connectivity index (χ1) is 7.20. The highest BCUT2D eigenvalue weighted by atomic mass is 32.2. The van der Waals surface area contributed by atoms with Gasteiger partial charge in [-0.3, -0.25) is 4.79 Å². The van der Waals surface area contributed by atoms with Crippen LogP contribution in [-0.4, -0.2) is 23.5 Å². The average Bonchev–Trinajstić information content (AvgIpc) is 2.10. The van der Waals surface area contributed by atoms with E-state index in [0.29, 0.717) is 17.6 Å². The average molecular weight is 245 g/mol. The number of rotatable bonds is 6. The number of nitrogens with one attached hydrogen (secondary N) is 1. The van der Waals surface area contributed by atoms with Crippen molar-refractivity contribution in [1.29, 1.82) is 0 Å². The summed E-state index contributed by atoms with van der Waals surface area (Å²) < 4.78 is 0. The molecule has 0 fully saturated rings. The summed E-state index contributed by atoms with van der Waals surface area (Å²) in [4.78, 5) is 11.6. The lowest BCUT2D eigenvalue weighted by atomic mass is 9.97. The summed E-state index contributed by atoms with van der Waals surface area (Å²) in [5, 5.41) is 3.41.